The second kappa shape index (κ2) is 6.04. The Balaban J connectivity index is 2.34. The van der Waals surface area contributed by atoms with Crippen LogP contribution in [0.15, 0.2) is 27.6 Å². The van der Waals surface area contributed by atoms with E-state index in [0.29, 0.717) is 0 Å². The molecule has 2 rings (SSSR count). The van der Waals surface area contributed by atoms with Crippen molar-refractivity contribution in [2.24, 2.45) is 0 Å². The van der Waals surface area contributed by atoms with E-state index in [1.807, 2.05) is 0 Å². The van der Waals surface area contributed by atoms with E-state index in [9.17, 15) is 18.3 Å². The Hall–Kier alpha value is -0.960. The Morgan fingerprint density at radius 2 is 2.00 bits per heavy atom. The molecule has 1 aliphatic heterocycles. The van der Waals surface area contributed by atoms with Gasteiger partial charge in [-0.25, -0.2) is 8.42 Å². The van der Waals surface area contributed by atoms with Crippen molar-refractivity contribution in [2.75, 3.05) is 13.2 Å². The summed E-state index contributed by atoms with van der Waals surface area (Å²) < 4.78 is 33.2. The summed E-state index contributed by atoms with van der Waals surface area (Å²) in [4.78, 5) is 11.6. The van der Waals surface area contributed by atoms with E-state index in [4.69, 9.17) is 4.74 Å². The zero-order valence-electron chi connectivity index (χ0n) is 11.4. The molecule has 21 heavy (non-hydrogen) atoms. The molecule has 6 nitrogen and oxygen atoms in total. The molecule has 1 fully saturated rings. The van der Waals surface area contributed by atoms with Crippen LogP contribution >= 0.6 is 15.9 Å². The van der Waals surface area contributed by atoms with Crippen molar-refractivity contribution in [3.63, 3.8) is 0 Å². The van der Waals surface area contributed by atoms with E-state index < -0.39 is 21.5 Å². The van der Waals surface area contributed by atoms with Gasteiger partial charge in [0.15, 0.2) is 0 Å². The number of carbonyl (C=O) groups is 1. The van der Waals surface area contributed by atoms with Gasteiger partial charge in [-0.3, -0.25) is 4.79 Å². The van der Waals surface area contributed by atoms with Gasteiger partial charge < -0.3 is 9.84 Å². The summed E-state index contributed by atoms with van der Waals surface area (Å²) in [6, 6.07) is 4.57. The van der Waals surface area contributed by atoms with Gasteiger partial charge in [-0.2, -0.15) is 4.72 Å². The number of benzene rings is 1. The average molecular weight is 378 g/mol. The molecule has 0 aromatic heterocycles. The van der Waals surface area contributed by atoms with Crippen LogP contribution in [-0.4, -0.2) is 38.2 Å². The van der Waals surface area contributed by atoms with E-state index in [0.717, 1.165) is 10.0 Å². The van der Waals surface area contributed by atoms with Crippen molar-refractivity contribution in [1.29, 1.82) is 0 Å². The maximum atomic E-state index is 12.4. The quantitative estimate of drug-likeness (QED) is 0.832. The first-order valence-corrected chi connectivity index (χ1v) is 8.66. The molecule has 0 radical (unpaired) electrons. The van der Waals surface area contributed by atoms with Gasteiger partial charge in [0, 0.05) is 30.5 Å². The maximum absolute atomic E-state index is 12.4. The van der Waals surface area contributed by atoms with Crippen molar-refractivity contribution < 1.29 is 23.1 Å². The number of carboxylic acids is 1. The van der Waals surface area contributed by atoms with Crippen LogP contribution in [0.4, 0.5) is 0 Å². The number of carboxylic acid groups (broad SMARTS) is 1. The van der Waals surface area contributed by atoms with Crippen molar-refractivity contribution >= 4 is 31.9 Å². The summed E-state index contributed by atoms with van der Waals surface area (Å²) in [5, 5.41) is 9.41. The van der Waals surface area contributed by atoms with Crippen LogP contribution in [0.5, 0.6) is 0 Å². The highest BCUT2D eigenvalue weighted by atomic mass is 79.9. The molecule has 0 spiro atoms. The summed E-state index contributed by atoms with van der Waals surface area (Å²) in [6.45, 7) is 2.20. The number of nitrogens with one attached hydrogen (secondary N) is 1. The number of rotatable bonds is 4. The molecule has 1 aromatic carbocycles. The first-order chi connectivity index (χ1) is 9.77. The highest BCUT2D eigenvalue weighted by molar-refractivity contribution is 9.10. The minimum atomic E-state index is -3.91. The molecule has 1 heterocycles. The molecule has 8 heteroatoms. The van der Waals surface area contributed by atoms with E-state index in [-0.39, 0.29) is 31.0 Å². The van der Waals surface area contributed by atoms with Gasteiger partial charge in [-0.05, 0) is 30.7 Å². The number of sulfonamides is 1. The molecule has 0 aliphatic carbocycles. The lowest BCUT2D eigenvalue weighted by atomic mass is 9.92. The van der Waals surface area contributed by atoms with Crippen molar-refractivity contribution in [3.8, 4) is 0 Å². The SMILES string of the molecule is Cc1cc(S(=O)(=O)NC2(C(=O)O)CCOCC2)ccc1Br. The summed E-state index contributed by atoms with van der Waals surface area (Å²) >= 11 is 3.30. The Morgan fingerprint density at radius 1 is 1.38 bits per heavy atom. The van der Waals surface area contributed by atoms with Gasteiger partial charge in [-0.1, -0.05) is 15.9 Å². The van der Waals surface area contributed by atoms with Gasteiger partial charge in [0.25, 0.3) is 0 Å². The maximum Gasteiger partial charge on any atom is 0.325 e. The molecule has 0 bridgehead atoms. The second-order valence-electron chi connectivity index (χ2n) is 5.02. The van der Waals surface area contributed by atoms with Crippen LogP contribution < -0.4 is 4.72 Å². The largest absolute Gasteiger partial charge is 0.480 e. The van der Waals surface area contributed by atoms with E-state index in [2.05, 4.69) is 20.7 Å². The van der Waals surface area contributed by atoms with Crippen LogP contribution in [0.3, 0.4) is 0 Å². The van der Waals surface area contributed by atoms with Crippen molar-refractivity contribution in [3.05, 3.63) is 28.2 Å². The molecule has 0 saturated carbocycles. The number of aryl methyl sites for hydroxylation is 1. The minimum absolute atomic E-state index is 0.0512. The third-order valence-corrected chi connectivity index (χ3v) is 5.95. The zero-order valence-corrected chi connectivity index (χ0v) is 13.8. The number of aliphatic carboxylic acids is 1. The molecule has 0 amide bonds. The summed E-state index contributed by atoms with van der Waals surface area (Å²) in [7, 11) is -3.91. The monoisotopic (exact) mass is 377 g/mol. The molecule has 1 aromatic rings. The standard InChI is InChI=1S/C13H16BrNO5S/c1-9-8-10(2-3-11(9)14)21(18,19)15-13(12(16)17)4-6-20-7-5-13/h2-3,8,15H,4-7H2,1H3,(H,16,17). The number of hydrogen-bond acceptors (Lipinski definition) is 4. The van der Waals surface area contributed by atoms with Crippen LogP contribution in [0.2, 0.25) is 0 Å². The average Bonchev–Trinajstić information content (AvgIpc) is 2.42. The topological polar surface area (TPSA) is 92.7 Å². The van der Waals surface area contributed by atoms with Crippen LogP contribution in [0.1, 0.15) is 18.4 Å². The fourth-order valence-corrected chi connectivity index (χ4v) is 3.93. The van der Waals surface area contributed by atoms with Gasteiger partial charge in [-0.15, -0.1) is 0 Å². The Morgan fingerprint density at radius 3 is 2.52 bits per heavy atom. The first-order valence-electron chi connectivity index (χ1n) is 6.38. The fraction of sp³-hybridized carbons (Fsp3) is 0.462. The molecule has 0 unspecified atom stereocenters. The Bertz CT molecular complexity index is 653. The van der Waals surface area contributed by atoms with Gasteiger partial charge >= 0.3 is 5.97 Å². The van der Waals surface area contributed by atoms with Crippen LogP contribution in [-0.2, 0) is 19.6 Å². The molecule has 1 aliphatic rings. The molecule has 1 saturated heterocycles. The van der Waals surface area contributed by atoms with Gasteiger partial charge in [0.05, 0.1) is 4.90 Å². The summed E-state index contributed by atoms with van der Waals surface area (Å²) in [5.74, 6) is -1.18. The third kappa shape index (κ3) is 3.45. The normalized spacial score (nSPS) is 18.4. The fourth-order valence-electron chi connectivity index (χ4n) is 2.18. The zero-order chi connectivity index (χ0) is 15.7. The highest BCUT2D eigenvalue weighted by Gasteiger charge is 2.43. The van der Waals surface area contributed by atoms with E-state index in [1.165, 1.54) is 12.1 Å². The predicted molar refractivity (Wildman–Crippen MR) is 79.6 cm³/mol. The smallest absolute Gasteiger partial charge is 0.325 e. The Labute approximate surface area is 131 Å². The highest BCUT2D eigenvalue weighted by Crippen LogP contribution is 2.26. The molecular weight excluding hydrogens is 362 g/mol. The first kappa shape index (κ1) is 16.4. The Kier molecular flexibility index (Phi) is 4.72. The predicted octanol–water partition coefficient (Wildman–Crippen LogP) is 1.67. The van der Waals surface area contributed by atoms with Crippen molar-refractivity contribution in [1.82, 2.24) is 4.72 Å². The van der Waals surface area contributed by atoms with Gasteiger partial charge in [0.2, 0.25) is 10.0 Å². The number of hydrogen-bond donors (Lipinski definition) is 2. The minimum Gasteiger partial charge on any atom is -0.480 e. The van der Waals surface area contributed by atoms with E-state index in [1.54, 1.807) is 13.0 Å². The molecule has 0 atom stereocenters. The van der Waals surface area contributed by atoms with Crippen LogP contribution in [0, 0.1) is 6.92 Å². The molecule has 2 N–H and O–H groups in total. The summed E-state index contributed by atoms with van der Waals surface area (Å²) in [6.07, 6.45) is 0.216. The third-order valence-electron chi connectivity index (χ3n) is 3.53. The second-order valence-corrected chi connectivity index (χ2v) is 7.55. The molecular formula is C13H16BrNO5S. The van der Waals surface area contributed by atoms with Crippen molar-refractivity contribution in [2.45, 2.75) is 30.2 Å². The number of halogens is 1. The molecule has 116 valence electrons. The lowest BCUT2D eigenvalue weighted by Gasteiger charge is -2.33. The lowest BCUT2D eigenvalue weighted by molar-refractivity contribution is -0.147. The lowest BCUT2D eigenvalue weighted by Crippen LogP contribution is -2.57. The van der Waals surface area contributed by atoms with Gasteiger partial charge in [0.1, 0.15) is 5.54 Å². The van der Waals surface area contributed by atoms with Crippen LogP contribution in [0.25, 0.3) is 0 Å². The van der Waals surface area contributed by atoms with E-state index >= 15 is 0 Å². The number of ether oxygens (including phenoxy) is 1. The summed E-state index contributed by atoms with van der Waals surface area (Å²) in [5.41, 5.74) is -0.743.